The first-order chi connectivity index (χ1) is 16.1. The number of para-hydroxylation sites is 1. The van der Waals surface area contributed by atoms with E-state index in [4.69, 9.17) is 9.47 Å². The molecule has 0 amide bonds. The van der Waals surface area contributed by atoms with Gasteiger partial charge >= 0.3 is 6.61 Å². The number of morpholine rings is 1. The molecular weight excluding hydrogens is 432 g/mol. The Morgan fingerprint density at radius 3 is 2.55 bits per heavy atom. The minimum absolute atomic E-state index is 0.0924. The summed E-state index contributed by atoms with van der Waals surface area (Å²) in [6.45, 7) is -0.521. The lowest BCUT2D eigenvalue weighted by Gasteiger charge is -2.28. The Bertz CT molecular complexity index is 1170. The molecule has 1 saturated heterocycles. The molecule has 0 spiro atoms. The van der Waals surface area contributed by atoms with Crippen molar-refractivity contribution >= 4 is 17.6 Å². The highest BCUT2D eigenvalue weighted by Gasteiger charge is 2.23. The lowest BCUT2D eigenvalue weighted by Crippen LogP contribution is -2.38. The largest absolute Gasteiger partial charge is 0.493 e. The maximum Gasteiger partial charge on any atom is 0.387 e. The van der Waals surface area contributed by atoms with Crippen LogP contribution in [0.25, 0.3) is 17.3 Å². The lowest BCUT2D eigenvalue weighted by molar-refractivity contribution is -0.0512. The van der Waals surface area contributed by atoms with E-state index in [0.717, 1.165) is 5.69 Å². The summed E-state index contributed by atoms with van der Waals surface area (Å²) in [7, 11) is 1.35. The first-order valence-corrected chi connectivity index (χ1v) is 10.2. The molecule has 33 heavy (non-hydrogen) atoms. The molecular formula is C23H21F2N5O3. The molecule has 0 unspecified atom stereocenters. The summed E-state index contributed by atoms with van der Waals surface area (Å²) in [6.07, 6.45) is 1.60. The number of allylic oxidation sites excluding steroid dienone is 1. The number of halogens is 2. The molecule has 3 aromatic rings. The predicted octanol–water partition coefficient (Wildman–Crippen LogP) is 3.78. The molecule has 0 aliphatic carbocycles. The Morgan fingerprint density at radius 2 is 1.88 bits per heavy atom. The smallest absolute Gasteiger partial charge is 0.387 e. The Morgan fingerprint density at radius 1 is 1.12 bits per heavy atom. The standard InChI is InChI=1S/C23H21F2N5O3/c1-31-20-14-16(7-8-19(20)33-22(24)25)13-17(15-26)21-27-28-23(29-9-11-32-12-10-29)30(21)18-5-3-2-4-6-18/h2-8,13-14,22H,9-12H2,1H3/b17-13+. The molecule has 1 fully saturated rings. The van der Waals surface area contributed by atoms with Crippen LogP contribution in [0.5, 0.6) is 11.5 Å². The summed E-state index contributed by atoms with van der Waals surface area (Å²) < 4.78 is 42.1. The minimum Gasteiger partial charge on any atom is -0.493 e. The average molecular weight is 453 g/mol. The number of alkyl halides is 2. The molecule has 0 bridgehead atoms. The van der Waals surface area contributed by atoms with Gasteiger partial charge in [0.15, 0.2) is 17.3 Å². The van der Waals surface area contributed by atoms with Gasteiger partial charge in [-0.1, -0.05) is 24.3 Å². The molecule has 170 valence electrons. The number of rotatable bonds is 7. The van der Waals surface area contributed by atoms with Gasteiger partial charge in [0, 0.05) is 13.1 Å². The molecule has 0 radical (unpaired) electrons. The van der Waals surface area contributed by atoms with Crippen LogP contribution in [0.1, 0.15) is 11.4 Å². The number of anilines is 1. The van der Waals surface area contributed by atoms with Crippen LogP contribution in [-0.4, -0.2) is 54.8 Å². The van der Waals surface area contributed by atoms with E-state index in [0.29, 0.717) is 43.6 Å². The van der Waals surface area contributed by atoms with Crippen LogP contribution in [-0.2, 0) is 4.74 Å². The van der Waals surface area contributed by atoms with Crippen LogP contribution in [0.4, 0.5) is 14.7 Å². The zero-order valence-electron chi connectivity index (χ0n) is 17.8. The highest BCUT2D eigenvalue weighted by molar-refractivity contribution is 5.88. The van der Waals surface area contributed by atoms with E-state index in [1.54, 1.807) is 12.1 Å². The summed E-state index contributed by atoms with van der Waals surface area (Å²) in [5.41, 5.74) is 1.61. The quantitative estimate of drug-likeness (QED) is 0.504. The highest BCUT2D eigenvalue weighted by atomic mass is 19.3. The number of benzene rings is 2. The molecule has 2 aromatic carbocycles. The maximum atomic E-state index is 12.6. The van der Waals surface area contributed by atoms with E-state index >= 15 is 0 Å². The molecule has 1 aliphatic heterocycles. The number of hydrogen-bond donors (Lipinski definition) is 0. The van der Waals surface area contributed by atoms with Crippen molar-refractivity contribution in [2.24, 2.45) is 0 Å². The normalized spacial score (nSPS) is 14.3. The molecule has 0 N–H and O–H groups in total. The predicted molar refractivity (Wildman–Crippen MR) is 118 cm³/mol. The van der Waals surface area contributed by atoms with Gasteiger partial charge in [0.2, 0.25) is 5.95 Å². The Labute approximate surface area is 189 Å². The van der Waals surface area contributed by atoms with Crippen LogP contribution in [0, 0.1) is 11.3 Å². The van der Waals surface area contributed by atoms with Gasteiger partial charge in [-0.25, -0.2) is 0 Å². The van der Waals surface area contributed by atoms with Crippen LogP contribution < -0.4 is 14.4 Å². The zero-order chi connectivity index (χ0) is 23.2. The molecule has 1 aromatic heterocycles. The van der Waals surface area contributed by atoms with Gasteiger partial charge in [-0.15, -0.1) is 10.2 Å². The molecule has 2 heterocycles. The average Bonchev–Trinajstić information content (AvgIpc) is 3.29. The Balaban J connectivity index is 1.78. The molecule has 8 nitrogen and oxygen atoms in total. The fourth-order valence-electron chi connectivity index (χ4n) is 3.51. The number of nitrogens with zero attached hydrogens (tertiary/aromatic N) is 5. The lowest BCUT2D eigenvalue weighted by atomic mass is 10.1. The first-order valence-electron chi connectivity index (χ1n) is 10.2. The molecule has 0 saturated carbocycles. The third kappa shape index (κ3) is 4.94. The van der Waals surface area contributed by atoms with Gasteiger partial charge in [-0.2, -0.15) is 14.0 Å². The minimum atomic E-state index is -2.97. The monoisotopic (exact) mass is 453 g/mol. The summed E-state index contributed by atoms with van der Waals surface area (Å²) in [5.74, 6) is 1.00. The van der Waals surface area contributed by atoms with E-state index in [9.17, 15) is 14.0 Å². The number of ether oxygens (including phenoxy) is 3. The topological polar surface area (TPSA) is 85.4 Å². The van der Waals surface area contributed by atoms with E-state index in [1.165, 1.54) is 19.2 Å². The number of nitriles is 1. The summed E-state index contributed by atoms with van der Waals surface area (Å²) in [5, 5.41) is 18.6. The van der Waals surface area contributed by atoms with Crippen LogP contribution >= 0.6 is 0 Å². The molecule has 4 rings (SSSR count). The van der Waals surface area contributed by atoms with Crippen molar-refractivity contribution in [2.45, 2.75) is 6.61 Å². The third-order valence-corrected chi connectivity index (χ3v) is 5.03. The third-order valence-electron chi connectivity index (χ3n) is 5.03. The van der Waals surface area contributed by atoms with Gasteiger partial charge < -0.3 is 19.1 Å². The van der Waals surface area contributed by atoms with Crippen molar-refractivity contribution in [3.05, 3.63) is 59.9 Å². The van der Waals surface area contributed by atoms with Crippen molar-refractivity contribution < 1.29 is 23.0 Å². The van der Waals surface area contributed by atoms with Crippen molar-refractivity contribution in [3.63, 3.8) is 0 Å². The van der Waals surface area contributed by atoms with Gasteiger partial charge in [-0.3, -0.25) is 4.57 Å². The van der Waals surface area contributed by atoms with Crippen molar-refractivity contribution in [1.29, 1.82) is 5.26 Å². The highest BCUT2D eigenvalue weighted by Crippen LogP contribution is 2.32. The zero-order valence-corrected chi connectivity index (χ0v) is 17.8. The van der Waals surface area contributed by atoms with Crippen molar-refractivity contribution in [3.8, 4) is 23.3 Å². The van der Waals surface area contributed by atoms with Gasteiger partial charge in [0.1, 0.15) is 6.07 Å². The molecule has 10 heteroatoms. The fourth-order valence-corrected chi connectivity index (χ4v) is 3.51. The van der Waals surface area contributed by atoms with Crippen LogP contribution in [0.15, 0.2) is 48.5 Å². The van der Waals surface area contributed by atoms with Gasteiger partial charge in [-0.05, 0) is 35.9 Å². The SMILES string of the molecule is COc1cc(/C=C(\C#N)c2nnc(N3CCOCC3)n2-c2ccccc2)ccc1OC(F)F. The fraction of sp³-hybridized carbons (Fsp3) is 0.261. The Hall–Kier alpha value is -3.97. The number of hydrogen-bond acceptors (Lipinski definition) is 7. The summed E-state index contributed by atoms with van der Waals surface area (Å²) >= 11 is 0. The molecule has 1 aliphatic rings. The van der Waals surface area contributed by atoms with E-state index in [-0.39, 0.29) is 17.1 Å². The van der Waals surface area contributed by atoms with E-state index in [1.807, 2.05) is 34.9 Å². The second kappa shape index (κ2) is 10.1. The molecule has 0 atom stereocenters. The van der Waals surface area contributed by atoms with Crippen LogP contribution in [0.2, 0.25) is 0 Å². The van der Waals surface area contributed by atoms with Gasteiger partial charge in [0.05, 0.1) is 31.6 Å². The van der Waals surface area contributed by atoms with Gasteiger partial charge in [0.25, 0.3) is 0 Å². The number of aromatic nitrogens is 3. The van der Waals surface area contributed by atoms with E-state index < -0.39 is 6.61 Å². The van der Waals surface area contributed by atoms with Crippen molar-refractivity contribution in [2.75, 3.05) is 38.3 Å². The van der Waals surface area contributed by atoms with Crippen LogP contribution in [0.3, 0.4) is 0 Å². The second-order valence-electron chi connectivity index (χ2n) is 7.05. The number of methoxy groups -OCH3 is 1. The Kier molecular flexibility index (Phi) is 6.80. The van der Waals surface area contributed by atoms with E-state index in [2.05, 4.69) is 25.9 Å². The summed E-state index contributed by atoms with van der Waals surface area (Å²) in [6, 6.07) is 16.1. The first kappa shape index (κ1) is 22.2. The van der Waals surface area contributed by atoms with Crippen molar-refractivity contribution in [1.82, 2.24) is 14.8 Å². The second-order valence-corrected chi connectivity index (χ2v) is 7.05. The summed E-state index contributed by atoms with van der Waals surface area (Å²) in [4.78, 5) is 2.06. The maximum absolute atomic E-state index is 12.6.